The fourth-order valence-electron chi connectivity index (χ4n) is 3.91. The van der Waals surface area contributed by atoms with E-state index in [9.17, 15) is 4.79 Å². The van der Waals surface area contributed by atoms with Gasteiger partial charge in [-0.2, -0.15) is 5.26 Å². The molecule has 1 unspecified atom stereocenters. The van der Waals surface area contributed by atoms with Crippen molar-refractivity contribution in [3.05, 3.63) is 58.0 Å². The van der Waals surface area contributed by atoms with Crippen LogP contribution in [0.15, 0.2) is 46.9 Å². The van der Waals surface area contributed by atoms with Gasteiger partial charge >= 0.3 is 0 Å². The number of amides is 1. The highest BCUT2D eigenvalue weighted by Gasteiger charge is 2.26. The first kappa shape index (κ1) is 21.6. The molecule has 0 aliphatic heterocycles. The van der Waals surface area contributed by atoms with E-state index in [1.54, 1.807) is 35.6 Å². The molecule has 0 radical (unpaired) electrons. The van der Waals surface area contributed by atoms with E-state index in [-0.39, 0.29) is 11.2 Å². The van der Waals surface area contributed by atoms with E-state index in [0.29, 0.717) is 17.3 Å². The summed E-state index contributed by atoms with van der Waals surface area (Å²) in [5.74, 6) is 0.865. The predicted molar refractivity (Wildman–Crippen MR) is 124 cm³/mol. The first-order valence-electron chi connectivity index (χ1n) is 10.6. The van der Waals surface area contributed by atoms with Gasteiger partial charge in [0.15, 0.2) is 5.16 Å². The summed E-state index contributed by atoms with van der Waals surface area (Å²) in [5.41, 5.74) is 1.15. The molecule has 1 aliphatic rings. The quantitative estimate of drug-likeness (QED) is 0.485. The number of carbonyl (C=O) groups is 1. The van der Waals surface area contributed by atoms with Gasteiger partial charge in [-0.25, -0.2) is 0 Å². The molecule has 2 aromatic heterocycles. The van der Waals surface area contributed by atoms with Crippen LogP contribution in [0.5, 0.6) is 0 Å². The fraction of sp³-hybridized carbons (Fsp3) is 0.391. The number of nitrogens with one attached hydrogen (secondary N) is 1. The molecule has 1 aliphatic carbocycles. The summed E-state index contributed by atoms with van der Waals surface area (Å²) >= 11 is 3.18. The molecule has 6 nitrogen and oxygen atoms in total. The first-order valence-corrected chi connectivity index (χ1v) is 12.3. The van der Waals surface area contributed by atoms with Gasteiger partial charge in [0, 0.05) is 23.0 Å². The zero-order valence-electron chi connectivity index (χ0n) is 17.5. The average molecular weight is 452 g/mol. The van der Waals surface area contributed by atoms with Crippen LogP contribution in [0.4, 0.5) is 5.69 Å². The molecule has 1 amide bonds. The lowest BCUT2D eigenvalue weighted by atomic mass is 9.95. The summed E-state index contributed by atoms with van der Waals surface area (Å²) in [6.45, 7) is 1.88. The van der Waals surface area contributed by atoms with Gasteiger partial charge in [0.2, 0.25) is 5.91 Å². The summed E-state index contributed by atoms with van der Waals surface area (Å²) < 4.78 is 2.28. The highest BCUT2D eigenvalue weighted by molar-refractivity contribution is 8.00. The Morgan fingerprint density at radius 3 is 2.87 bits per heavy atom. The Kier molecular flexibility index (Phi) is 7.05. The van der Waals surface area contributed by atoms with Gasteiger partial charge < -0.3 is 9.88 Å². The summed E-state index contributed by atoms with van der Waals surface area (Å²) in [5, 5.41) is 23.5. The predicted octanol–water partition coefficient (Wildman–Crippen LogP) is 5.43. The molecule has 0 bridgehead atoms. The van der Waals surface area contributed by atoms with Crippen LogP contribution in [-0.4, -0.2) is 25.9 Å². The molecule has 8 heteroatoms. The van der Waals surface area contributed by atoms with Gasteiger partial charge in [0.1, 0.15) is 5.82 Å². The van der Waals surface area contributed by atoms with Gasteiger partial charge in [-0.05, 0) is 49.4 Å². The van der Waals surface area contributed by atoms with Crippen molar-refractivity contribution in [3.63, 3.8) is 0 Å². The smallest absolute Gasteiger partial charge is 0.237 e. The summed E-state index contributed by atoms with van der Waals surface area (Å²) in [6.07, 6.45) is 6.74. The van der Waals surface area contributed by atoms with Crippen LogP contribution in [0.3, 0.4) is 0 Å². The molecule has 0 spiro atoms. The Balaban J connectivity index is 1.51. The minimum atomic E-state index is -0.341. The minimum absolute atomic E-state index is 0.113. The van der Waals surface area contributed by atoms with E-state index < -0.39 is 0 Å². The lowest BCUT2D eigenvalue weighted by Gasteiger charge is -2.26. The Morgan fingerprint density at radius 2 is 2.13 bits per heavy atom. The zero-order chi connectivity index (χ0) is 21.6. The number of rotatable bonds is 7. The van der Waals surface area contributed by atoms with Crippen molar-refractivity contribution in [1.29, 1.82) is 5.26 Å². The number of nitrogens with zero attached hydrogens (tertiary/aromatic N) is 4. The summed E-state index contributed by atoms with van der Waals surface area (Å²) in [6, 6.07) is 13.6. The van der Waals surface area contributed by atoms with E-state index in [1.807, 2.05) is 6.92 Å². The molecular weight excluding hydrogens is 426 g/mol. The Labute approximate surface area is 190 Å². The van der Waals surface area contributed by atoms with Crippen LogP contribution in [0.25, 0.3) is 0 Å². The number of hydrogen-bond donors (Lipinski definition) is 1. The molecule has 31 heavy (non-hydrogen) atoms. The number of thioether (sulfide) groups is 1. The van der Waals surface area contributed by atoms with E-state index in [2.05, 4.69) is 43.7 Å². The van der Waals surface area contributed by atoms with Crippen molar-refractivity contribution in [2.45, 2.75) is 61.9 Å². The molecule has 4 rings (SSSR count). The molecule has 0 saturated heterocycles. The Morgan fingerprint density at radius 1 is 1.29 bits per heavy atom. The number of carbonyl (C=O) groups excluding carboxylic acids is 1. The summed E-state index contributed by atoms with van der Waals surface area (Å²) in [7, 11) is 0. The lowest BCUT2D eigenvalue weighted by molar-refractivity contribution is -0.115. The number of hydrogen-bond acceptors (Lipinski definition) is 6. The molecule has 1 fully saturated rings. The SMILES string of the molecule is CC(Sc1nnc(Cc2cccs2)n1C1CCCCC1)C(=O)Nc1cccc(C#N)c1. The van der Waals surface area contributed by atoms with Gasteiger partial charge in [-0.15, -0.1) is 21.5 Å². The van der Waals surface area contributed by atoms with Crippen molar-refractivity contribution >= 4 is 34.7 Å². The Hall–Kier alpha value is -2.63. The number of thiophene rings is 1. The Bertz CT molecular complexity index is 1060. The normalized spacial score (nSPS) is 15.4. The van der Waals surface area contributed by atoms with Crippen molar-refractivity contribution in [2.75, 3.05) is 5.32 Å². The molecule has 1 saturated carbocycles. The van der Waals surface area contributed by atoms with Gasteiger partial charge in [0.05, 0.1) is 16.9 Å². The maximum Gasteiger partial charge on any atom is 0.237 e. The van der Waals surface area contributed by atoms with Gasteiger partial charge in [-0.1, -0.05) is 43.2 Å². The standard InChI is InChI=1S/C23H25N5OS2/c1-16(22(29)25-18-8-5-7-17(13-18)15-24)31-23-27-26-21(14-20-11-6-12-30-20)28(23)19-9-3-2-4-10-19/h5-8,11-13,16,19H,2-4,9-10,14H2,1H3,(H,25,29). The van der Waals surface area contributed by atoms with E-state index in [0.717, 1.165) is 30.2 Å². The average Bonchev–Trinajstić information content (AvgIpc) is 3.45. The van der Waals surface area contributed by atoms with Crippen molar-refractivity contribution in [3.8, 4) is 6.07 Å². The second-order valence-corrected chi connectivity index (χ2v) is 10.1. The molecule has 160 valence electrons. The molecule has 1 N–H and O–H groups in total. The molecular formula is C23H25N5OS2. The number of benzene rings is 1. The van der Waals surface area contributed by atoms with Gasteiger partial charge in [0.25, 0.3) is 0 Å². The third-order valence-corrected chi connectivity index (χ3v) is 7.43. The van der Waals surface area contributed by atoms with Crippen molar-refractivity contribution in [2.24, 2.45) is 0 Å². The van der Waals surface area contributed by atoms with Crippen LogP contribution >= 0.6 is 23.1 Å². The van der Waals surface area contributed by atoms with E-state index in [1.165, 1.54) is 35.9 Å². The molecule has 3 aromatic rings. The third kappa shape index (κ3) is 5.35. The van der Waals surface area contributed by atoms with Gasteiger partial charge in [-0.3, -0.25) is 4.79 Å². The van der Waals surface area contributed by atoms with Crippen LogP contribution in [-0.2, 0) is 11.2 Å². The van der Waals surface area contributed by atoms with Crippen LogP contribution in [0, 0.1) is 11.3 Å². The molecule has 2 heterocycles. The maximum atomic E-state index is 12.8. The highest BCUT2D eigenvalue weighted by atomic mass is 32.2. The van der Waals surface area contributed by atoms with Crippen LogP contribution in [0.1, 0.15) is 61.3 Å². The monoisotopic (exact) mass is 451 g/mol. The largest absolute Gasteiger partial charge is 0.325 e. The highest BCUT2D eigenvalue weighted by Crippen LogP contribution is 2.34. The van der Waals surface area contributed by atoms with Crippen molar-refractivity contribution in [1.82, 2.24) is 14.8 Å². The summed E-state index contributed by atoms with van der Waals surface area (Å²) in [4.78, 5) is 14.1. The molecule has 1 aromatic carbocycles. The zero-order valence-corrected chi connectivity index (χ0v) is 19.1. The first-order chi connectivity index (χ1) is 15.1. The van der Waals surface area contributed by atoms with Crippen LogP contribution in [0.2, 0.25) is 0 Å². The number of anilines is 1. The fourth-order valence-corrected chi connectivity index (χ4v) is 5.54. The topological polar surface area (TPSA) is 83.6 Å². The van der Waals surface area contributed by atoms with Crippen molar-refractivity contribution < 1.29 is 4.79 Å². The number of aromatic nitrogens is 3. The minimum Gasteiger partial charge on any atom is -0.325 e. The van der Waals surface area contributed by atoms with Crippen LogP contribution < -0.4 is 5.32 Å². The molecule has 1 atom stereocenters. The maximum absolute atomic E-state index is 12.8. The second-order valence-electron chi connectivity index (χ2n) is 7.76. The second kappa shape index (κ2) is 10.1. The van der Waals surface area contributed by atoms with E-state index in [4.69, 9.17) is 5.26 Å². The number of nitriles is 1. The lowest BCUT2D eigenvalue weighted by Crippen LogP contribution is -2.24. The van der Waals surface area contributed by atoms with E-state index >= 15 is 0 Å². The third-order valence-electron chi connectivity index (χ3n) is 5.50.